The molecule has 2 aliphatic carbocycles. The molecule has 0 aromatic rings. The molecule has 0 atom stereocenters. The Morgan fingerprint density at radius 3 is 2.61 bits per heavy atom. The summed E-state index contributed by atoms with van der Waals surface area (Å²) in [5.41, 5.74) is 3.30. The van der Waals surface area contributed by atoms with Gasteiger partial charge in [-0.2, -0.15) is 5.10 Å². The summed E-state index contributed by atoms with van der Waals surface area (Å²) in [6.07, 6.45) is 8.47. The second kappa shape index (κ2) is 6.52. The molecule has 0 bridgehead atoms. The number of carbonyl (C=O) groups excluding carboxylic acids is 2. The molecule has 2 rings (SSSR count). The average Bonchev–Trinajstić information content (AvgIpc) is 2.38. The van der Waals surface area contributed by atoms with Gasteiger partial charge in [0.05, 0.1) is 0 Å². The molecule has 2 fully saturated rings. The van der Waals surface area contributed by atoms with Gasteiger partial charge in [-0.05, 0) is 25.7 Å². The third kappa shape index (κ3) is 4.13. The molecule has 0 aliphatic heterocycles. The molecule has 5 heteroatoms. The molecular weight excluding hydrogens is 230 g/mol. The van der Waals surface area contributed by atoms with Crippen LogP contribution in [0.5, 0.6) is 0 Å². The molecule has 5 nitrogen and oxygen atoms in total. The Bertz CT molecular complexity index is 346. The monoisotopic (exact) mass is 251 g/mol. The lowest BCUT2D eigenvalue weighted by atomic mass is 9.96. The van der Waals surface area contributed by atoms with Crippen molar-refractivity contribution >= 4 is 17.5 Å². The molecule has 18 heavy (non-hydrogen) atoms. The SMILES string of the molecule is O=C1CCCC(=NNC(=O)NC2CCCCC2)C1. The molecule has 100 valence electrons. The molecule has 0 spiro atoms. The highest BCUT2D eigenvalue weighted by atomic mass is 16.2. The van der Waals surface area contributed by atoms with Gasteiger partial charge in [0.15, 0.2) is 0 Å². The van der Waals surface area contributed by atoms with E-state index in [0.29, 0.717) is 12.8 Å². The molecular formula is C13H21N3O2. The minimum absolute atomic E-state index is 0.217. The zero-order valence-corrected chi connectivity index (χ0v) is 10.7. The first-order valence-electron chi connectivity index (χ1n) is 6.87. The smallest absolute Gasteiger partial charge is 0.334 e. The third-order valence-corrected chi connectivity index (χ3v) is 3.58. The van der Waals surface area contributed by atoms with Crippen molar-refractivity contribution in [1.29, 1.82) is 0 Å². The molecule has 0 aromatic carbocycles. The van der Waals surface area contributed by atoms with Crippen molar-refractivity contribution in [2.75, 3.05) is 0 Å². The minimum Gasteiger partial charge on any atom is -0.334 e. The highest BCUT2D eigenvalue weighted by molar-refractivity contribution is 6.04. The summed E-state index contributed by atoms with van der Waals surface area (Å²) in [6.45, 7) is 0. The van der Waals surface area contributed by atoms with Crippen molar-refractivity contribution in [3.63, 3.8) is 0 Å². The lowest BCUT2D eigenvalue weighted by Crippen LogP contribution is -2.41. The van der Waals surface area contributed by atoms with Crippen LogP contribution in [0.2, 0.25) is 0 Å². The first-order valence-corrected chi connectivity index (χ1v) is 6.87. The van der Waals surface area contributed by atoms with E-state index in [1.54, 1.807) is 0 Å². The van der Waals surface area contributed by atoms with Gasteiger partial charge in [-0.1, -0.05) is 19.3 Å². The third-order valence-electron chi connectivity index (χ3n) is 3.58. The summed E-state index contributed by atoms with van der Waals surface area (Å²) in [5, 5.41) is 6.96. The van der Waals surface area contributed by atoms with Gasteiger partial charge >= 0.3 is 6.03 Å². The Morgan fingerprint density at radius 2 is 1.89 bits per heavy atom. The normalized spacial score (nSPS) is 24.0. The van der Waals surface area contributed by atoms with E-state index >= 15 is 0 Å². The van der Waals surface area contributed by atoms with Gasteiger partial charge in [0.25, 0.3) is 0 Å². The molecule has 2 N–H and O–H groups in total. The number of carbonyl (C=O) groups is 2. The van der Waals surface area contributed by atoms with Crippen LogP contribution in [0.15, 0.2) is 5.10 Å². The van der Waals surface area contributed by atoms with Crippen LogP contribution in [-0.4, -0.2) is 23.6 Å². The van der Waals surface area contributed by atoms with Gasteiger partial charge < -0.3 is 5.32 Å². The van der Waals surface area contributed by atoms with E-state index in [4.69, 9.17) is 0 Å². The van der Waals surface area contributed by atoms with E-state index in [1.807, 2.05) is 0 Å². The predicted molar refractivity (Wildman–Crippen MR) is 69.5 cm³/mol. The van der Waals surface area contributed by atoms with E-state index in [2.05, 4.69) is 15.8 Å². The maximum Gasteiger partial charge on any atom is 0.335 e. The molecule has 0 aromatic heterocycles. The van der Waals surface area contributed by atoms with Crippen LogP contribution < -0.4 is 10.7 Å². The summed E-state index contributed by atoms with van der Waals surface area (Å²) in [4.78, 5) is 22.8. The van der Waals surface area contributed by atoms with E-state index in [1.165, 1.54) is 19.3 Å². The lowest BCUT2D eigenvalue weighted by molar-refractivity contribution is -0.118. The van der Waals surface area contributed by atoms with Crippen molar-refractivity contribution in [2.24, 2.45) is 5.10 Å². The fraction of sp³-hybridized carbons (Fsp3) is 0.769. The fourth-order valence-electron chi connectivity index (χ4n) is 2.58. The molecule has 0 heterocycles. The number of hydrogen-bond acceptors (Lipinski definition) is 3. The van der Waals surface area contributed by atoms with Crippen LogP contribution in [0, 0.1) is 0 Å². The largest absolute Gasteiger partial charge is 0.335 e. The second-order valence-corrected chi connectivity index (χ2v) is 5.17. The number of urea groups is 1. The summed E-state index contributed by atoms with van der Waals surface area (Å²) in [6, 6.07) is 0.0411. The molecule has 2 amide bonds. The highest BCUT2D eigenvalue weighted by Gasteiger charge is 2.17. The van der Waals surface area contributed by atoms with Gasteiger partial charge in [-0.25, -0.2) is 10.2 Å². The van der Waals surface area contributed by atoms with Gasteiger partial charge in [-0.15, -0.1) is 0 Å². The quantitative estimate of drug-likeness (QED) is 0.738. The van der Waals surface area contributed by atoms with Crippen LogP contribution in [0.25, 0.3) is 0 Å². The van der Waals surface area contributed by atoms with E-state index in [-0.39, 0.29) is 17.9 Å². The Balaban J connectivity index is 1.73. The number of ketones is 1. The number of amides is 2. The van der Waals surface area contributed by atoms with Crippen molar-refractivity contribution in [3.8, 4) is 0 Å². The van der Waals surface area contributed by atoms with Crippen molar-refractivity contribution in [1.82, 2.24) is 10.7 Å². The molecule has 0 saturated heterocycles. The molecule has 2 aliphatic rings. The van der Waals surface area contributed by atoms with E-state index in [0.717, 1.165) is 31.4 Å². The number of nitrogens with zero attached hydrogens (tertiary/aromatic N) is 1. The van der Waals surface area contributed by atoms with Crippen molar-refractivity contribution in [2.45, 2.75) is 63.8 Å². The van der Waals surface area contributed by atoms with Gasteiger partial charge in [0, 0.05) is 24.6 Å². The zero-order chi connectivity index (χ0) is 12.8. The van der Waals surface area contributed by atoms with E-state index in [9.17, 15) is 9.59 Å². The minimum atomic E-state index is -0.243. The van der Waals surface area contributed by atoms with Crippen LogP contribution in [0.1, 0.15) is 57.8 Å². The van der Waals surface area contributed by atoms with Crippen LogP contribution in [0.4, 0.5) is 4.79 Å². The van der Waals surface area contributed by atoms with Crippen LogP contribution in [-0.2, 0) is 4.79 Å². The zero-order valence-electron chi connectivity index (χ0n) is 10.7. The van der Waals surface area contributed by atoms with Crippen molar-refractivity contribution < 1.29 is 9.59 Å². The summed E-state index contributed by atoms with van der Waals surface area (Å²) < 4.78 is 0. The standard InChI is InChI=1S/C13H21N3O2/c17-12-8-4-7-11(9-12)15-16-13(18)14-10-5-2-1-3-6-10/h10H,1-9H2,(H2,14,16,18). The van der Waals surface area contributed by atoms with E-state index < -0.39 is 0 Å². The second-order valence-electron chi connectivity index (χ2n) is 5.17. The maximum atomic E-state index is 11.6. The highest BCUT2D eigenvalue weighted by Crippen LogP contribution is 2.17. The number of hydrogen-bond donors (Lipinski definition) is 2. The Hall–Kier alpha value is -1.39. The predicted octanol–water partition coefficient (Wildman–Crippen LogP) is 2.12. The van der Waals surface area contributed by atoms with Crippen LogP contribution in [0.3, 0.4) is 0 Å². The maximum absolute atomic E-state index is 11.6. The summed E-state index contributed by atoms with van der Waals surface area (Å²) in [7, 11) is 0. The topological polar surface area (TPSA) is 70.6 Å². The van der Waals surface area contributed by atoms with Gasteiger partial charge in [0.1, 0.15) is 5.78 Å². The Labute approximate surface area is 107 Å². The first-order chi connectivity index (χ1) is 8.74. The molecule has 2 saturated carbocycles. The first kappa shape index (κ1) is 13.1. The van der Waals surface area contributed by atoms with Gasteiger partial charge in [-0.3, -0.25) is 4.79 Å². The molecule has 0 radical (unpaired) electrons. The average molecular weight is 251 g/mol. The molecule has 0 unspecified atom stereocenters. The summed E-state index contributed by atoms with van der Waals surface area (Å²) >= 11 is 0. The number of nitrogens with one attached hydrogen (secondary N) is 2. The number of Topliss-reactive ketones (excluding diaryl/α,β-unsaturated/α-hetero) is 1. The Morgan fingerprint density at radius 1 is 1.11 bits per heavy atom. The number of hydrazone groups is 1. The number of rotatable bonds is 2. The van der Waals surface area contributed by atoms with Crippen LogP contribution >= 0.6 is 0 Å². The summed E-state index contributed by atoms with van der Waals surface area (Å²) in [5.74, 6) is 0.217. The fourth-order valence-corrected chi connectivity index (χ4v) is 2.58. The Kier molecular flexibility index (Phi) is 4.73. The lowest BCUT2D eigenvalue weighted by Gasteiger charge is -2.22. The van der Waals surface area contributed by atoms with Gasteiger partial charge in [0.2, 0.25) is 0 Å². The van der Waals surface area contributed by atoms with Crippen molar-refractivity contribution in [3.05, 3.63) is 0 Å².